The molecule has 0 saturated carbocycles. The van der Waals surface area contributed by atoms with E-state index >= 15 is 0 Å². The van der Waals surface area contributed by atoms with Gasteiger partial charge in [-0.25, -0.2) is 0 Å². The van der Waals surface area contributed by atoms with Gasteiger partial charge in [-0.2, -0.15) is 5.26 Å². The number of Topliss-reactive ketones (excluding diaryl/α,β-unsaturated/α-hetero) is 1. The lowest BCUT2D eigenvalue weighted by molar-refractivity contribution is -0.119. The number of rotatable bonds is 2. The highest BCUT2D eigenvalue weighted by Gasteiger charge is 2.40. The summed E-state index contributed by atoms with van der Waals surface area (Å²) in [6.07, 6.45) is 2.24. The molecule has 0 radical (unpaired) electrons. The number of carbonyl (C=O) groups excluding carboxylic acids is 2. The van der Waals surface area contributed by atoms with Crippen molar-refractivity contribution in [2.45, 2.75) is 31.6 Å². The zero-order valence-electron chi connectivity index (χ0n) is 16.5. The van der Waals surface area contributed by atoms with Crippen molar-refractivity contribution >= 4 is 28.2 Å². The Balaban J connectivity index is 1.68. The fourth-order valence-electron chi connectivity index (χ4n) is 4.80. The molecule has 0 N–H and O–H groups in total. The maximum absolute atomic E-state index is 13.3. The van der Waals surface area contributed by atoms with Crippen LogP contribution in [-0.2, 0) is 9.59 Å². The summed E-state index contributed by atoms with van der Waals surface area (Å²) in [6, 6.07) is 23.3. The first-order valence-electron chi connectivity index (χ1n) is 10.2. The van der Waals surface area contributed by atoms with Crippen LogP contribution >= 0.6 is 0 Å². The van der Waals surface area contributed by atoms with Gasteiger partial charge in [0.05, 0.1) is 11.6 Å². The van der Waals surface area contributed by atoms with Gasteiger partial charge in [-0.1, -0.05) is 42.5 Å². The Morgan fingerprint density at radius 3 is 2.47 bits per heavy atom. The third-order valence-corrected chi connectivity index (χ3v) is 6.13. The number of ketones is 1. The van der Waals surface area contributed by atoms with Crippen molar-refractivity contribution in [3.8, 4) is 6.07 Å². The number of carbonyl (C=O) groups is 2. The van der Waals surface area contributed by atoms with Gasteiger partial charge in [0.1, 0.15) is 0 Å². The van der Waals surface area contributed by atoms with Crippen molar-refractivity contribution in [1.82, 2.24) is 0 Å². The fraction of sp³-hybridized carbons (Fsp3) is 0.192. The quantitative estimate of drug-likeness (QED) is 0.599. The molecular formula is C26H20N2O2. The van der Waals surface area contributed by atoms with Gasteiger partial charge in [-0.3, -0.25) is 14.5 Å². The molecule has 1 amide bonds. The van der Waals surface area contributed by atoms with Crippen molar-refractivity contribution in [2.24, 2.45) is 0 Å². The van der Waals surface area contributed by atoms with Crippen LogP contribution < -0.4 is 4.90 Å². The van der Waals surface area contributed by atoms with E-state index in [1.807, 2.05) is 24.3 Å². The zero-order valence-corrected chi connectivity index (χ0v) is 16.5. The van der Waals surface area contributed by atoms with Crippen LogP contribution in [0.5, 0.6) is 0 Å². The number of hydrogen-bond donors (Lipinski definition) is 0. The summed E-state index contributed by atoms with van der Waals surface area (Å²) in [5.74, 6) is -0.0903. The standard InChI is InChI=1S/C26H20N2O2/c27-16-17-11-13-19(14-12-17)28-23-9-4-10-24(29)26(23)22(15-25(28)30)21-8-3-6-18-5-1-2-7-20(18)21/h1-3,5-8,11-14,22H,4,9-10,15H2. The van der Waals surface area contributed by atoms with Crippen LogP contribution in [0.3, 0.4) is 0 Å². The Kier molecular flexibility index (Phi) is 4.44. The van der Waals surface area contributed by atoms with Gasteiger partial charge in [0, 0.05) is 35.7 Å². The smallest absolute Gasteiger partial charge is 0.232 e. The second-order valence-electron chi connectivity index (χ2n) is 7.85. The van der Waals surface area contributed by atoms with Crippen LogP contribution in [0.2, 0.25) is 0 Å². The molecule has 4 heteroatoms. The predicted octanol–water partition coefficient (Wildman–Crippen LogP) is 5.24. The molecule has 1 unspecified atom stereocenters. The summed E-state index contributed by atoms with van der Waals surface area (Å²) in [4.78, 5) is 28.1. The van der Waals surface area contributed by atoms with E-state index in [0.717, 1.165) is 39.7 Å². The maximum Gasteiger partial charge on any atom is 0.232 e. The minimum atomic E-state index is -0.221. The third kappa shape index (κ3) is 2.91. The lowest BCUT2D eigenvalue weighted by Gasteiger charge is -2.38. The van der Waals surface area contributed by atoms with E-state index in [1.165, 1.54) is 0 Å². The van der Waals surface area contributed by atoms with Crippen LogP contribution in [0.25, 0.3) is 10.8 Å². The van der Waals surface area contributed by atoms with Crippen LogP contribution in [-0.4, -0.2) is 11.7 Å². The van der Waals surface area contributed by atoms with Gasteiger partial charge in [-0.15, -0.1) is 0 Å². The zero-order chi connectivity index (χ0) is 20.7. The molecule has 0 bridgehead atoms. The SMILES string of the molecule is N#Cc1ccc(N2C(=O)CC(c3cccc4ccccc34)C3=C2CCCC3=O)cc1. The molecule has 1 aliphatic carbocycles. The Hall–Kier alpha value is -3.71. The first-order valence-corrected chi connectivity index (χ1v) is 10.2. The van der Waals surface area contributed by atoms with Gasteiger partial charge >= 0.3 is 0 Å². The van der Waals surface area contributed by atoms with Crippen LogP contribution in [0.1, 0.15) is 42.7 Å². The molecule has 0 fully saturated rings. The van der Waals surface area contributed by atoms with Crippen LogP contribution in [0.4, 0.5) is 5.69 Å². The van der Waals surface area contributed by atoms with Gasteiger partial charge in [0.2, 0.25) is 5.91 Å². The van der Waals surface area contributed by atoms with E-state index in [9.17, 15) is 9.59 Å². The van der Waals surface area contributed by atoms with E-state index < -0.39 is 0 Å². The predicted molar refractivity (Wildman–Crippen MR) is 116 cm³/mol. The van der Waals surface area contributed by atoms with E-state index in [2.05, 4.69) is 24.3 Å². The summed E-state index contributed by atoms with van der Waals surface area (Å²) in [5, 5.41) is 11.3. The Morgan fingerprint density at radius 1 is 0.900 bits per heavy atom. The summed E-state index contributed by atoms with van der Waals surface area (Å²) in [5.41, 5.74) is 3.92. The number of fused-ring (bicyclic) bond motifs is 1. The lowest BCUT2D eigenvalue weighted by atomic mass is 9.76. The van der Waals surface area contributed by atoms with Crippen molar-refractivity contribution in [3.63, 3.8) is 0 Å². The summed E-state index contributed by atoms with van der Waals surface area (Å²) < 4.78 is 0. The van der Waals surface area contributed by atoms with Crippen LogP contribution in [0, 0.1) is 11.3 Å². The number of anilines is 1. The van der Waals surface area contributed by atoms with Crippen LogP contribution in [0.15, 0.2) is 78.0 Å². The fourth-order valence-corrected chi connectivity index (χ4v) is 4.80. The second kappa shape index (κ2) is 7.27. The highest BCUT2D eigenvalue weighted by atomic mass is 16.2. The molecule has 3 aromatic carbocycles. The number of nitrogens with zero attached hydrogens (tertiary/aromatic N) is 2. The molecule has 0 spiro atoms. The first kappa shape index (κ1) is 18.3. The number of benzene rings is 3. The van der Waals surface area contributed by atoms with Crippen molar-refractivity contribution in [2.75, 3.05) is 4.90 Å². The van der Waals surface area contributed by atoms with Crippen molar-refractivity contribution in [1.29, 1.82) is 5.26 Å². The van der Waals surface area contributed by atoms with Gasteiger partial charge in [0.25, 0.3) is 0 Å². The molecule has 1 heterocycles. The average molecular weight is 392 g/mol. The topological polar surface area (TPSA) is 61.2 Å². The van der Waals surface area contributed by atoms with E-state index in [1.54, 1.807) is 29.2 Å². The summed E-state index contributed by atoms with van der Waals surface area (Å²) in [6.45, 7) is 0. The number of amides is 1. The van der Waals surface area contributed by atoms with Crippen molar-refractivity contribution in [3.05, 3.63) is 89.1 Å². The molecule has 5 rings (SSSR count). The summed E-state index contributed by atoms with van der Waals surface area (Å²) in [7, 11) is 0. The Labute approximate surface area is 175 Å². The third-order valence-electron chi connectivity index (χ3n) is 6.13. The normalized spacial score (nSPS) is 19.0. The van der Waals surface area contributed by atoms with Gasteiger partial charge < -0.3 is 0 Å². The second-order valence-corrected chi connectivity index (χ2v) is 7.85. The molecule has 1 aliphatic heterocycles. The van der Waals surface area contributed by atoms with Gasteiger partial charge in [0.15, 0.2) is 5.78 Å². The molecular weight excluding hydrogens is 372 g/mol. The molecule has 146 valence electrons. The molecule has 0 aromatic heterocycles. The van der Waals surface area contributed by atoms with Crippen molar-refractivity contribution < 1.29 is 9.59 Å². The largest absolute Gasteiger partial charge is 0.294 e. The monoisotopic (exact) mass is 392 g/mol. The minimum absolute atomic E-state index is 0.00825. The maximum atomic E-state index is 13.3. The van der Waals surface area contributed by atoms with E-state index in [-0.39, 0.29) is 24.0 Å². The molecule has 3 aromatic rings. The highest BCUT2D eigenvalue weighted by Crippen LogP contribution is 2.44. The van der Waals surface area contributed by atoms with E-state index in [4.69, 9.17) is 5.26 Å². The molecule has 0 saturated heterocycles. The van der Waals surface area contributed by atoms with E-state index in [0.29, 0.717) is 18.4 Å². The Morgan fingerprint density at radius 2 is 1.67 bits per heavy atom. The molecule has 4 nitrogen and oxygen atoms in total. The lowest BCUT2D eigenvalue weighted by Crippen LogP contribution is -2.40. The number of hydrogen-bond acceptors (Lipinski definition) is 3. The molecule has 2 aliphatic rings. The molecule has 30 heavy (non-hydrogen) atoms. The Bertz CT molecular complexity index is 1240. The number of nitriles is 1. The summed E-state index contributed by atoms with van der Waals surface area (Å²) >= 11 is 0. The highest BCUT2D eigenvalue weighted by molar-refractivity contribution is 6.08. The minimum Gasteiger partial charge on any atom is -0.294 e. The molecule has 1 atom stereocenters. The first-order chi connectivity index (χ1) is 14.7. The van der Waals surface area contributed by atoms with Gasteiger partial charge in [-0.05, 0) is 53.4 Å². The number of allylic oxidation sites excluding steroid dienone is 2. The average Bonchev–Trinajstić information content (AvgIpc) is 2.78.